The molecule has 2 rings (SSSR count). The van der Waals surface area contributed by atoms with Crippen molar-refractivity contribution in [2.45, 2.75) is 54.4 Å². The smallest absolute Gasteiger partial charge is 0.0871 e. The molecule has 0 aliphatic carbocycles. The van der Waals surface area contributed by atoms with Crippen molar-refractivity contribution in [1.82, 2.24) is 10.2 Å². The van der Waals surface area contributed by atoms with Crippen molar-refractivity contribution in [2.24, 2.45) is 4.99 Å². The molecule has 0 aromatic heterocycles. The number of allylic oxidation sites excluding steroid dienone is 4. The monoisotopic (exact) mass is 478 g/mol. The predicted octanol–water partition coefficient (Wildman–Crippen LogP) is 7.41. The van der Waals surface area contributed by atoms with Gasteiger partial charge in [0.15, 0.2) is 0 Å². The van der Waals surface area contributed by atoms with Gasteiger partial charge in [0.05, 0.1) is 12.9 Å². The molecular formula is C31H50N4. The molecule has 1 aromatic carbocycles. The molecule has 35 heavy (non-hydrogen) atoms. The number of hydrogen-bond acceptors (Lipinski definition) is 3. The number of aliphatic imine (C=N–C) groups is 1. The highest BCUT2D eigenvalue weighted by Crippen LogP contribution is 2.16. The van der Waals surface area contributed by atoms with E-state index in [1.54, 1.807) is 12.4 Å². The van der Waals surface area contributed by atoms with Crippen LogP contribution < -0.4 is 10.2 Å². The summed E-state index contributed by atoms with van der Waals surface area (Å²) in [6.45, 7) is 25.7. The van der Waals surface area contributed by atoms with Gasteiger partial charge in [0.1, 0.15) is 0 Å². The number of benzene rings is 1. The maximum absolute atomic E-state index is 4.48. The third-order valence-corrected chi connectivity index (χ3v) is 5.22. The molecule has 1 aliphatic rings. The summed E-state index contributed by atoms with van der Waals surface area (Å²) in [5.74, 6) is 0. The molecule has 194 valence electrons. The zero-order valence-electron chi connectivity index (χ0n) is 23.3. The van der Waals surface area contributed by atoms with Gasteiger partial charge >= 0.3 is 0 Å². The Balaban J connectivity index is 0.00000214. The molecule has 0 bridgehead atoms. The van der Waals surface area contributed by atoms with Gasteiger partial charge < -0.3 is 10.2 Å². The van der Waals surface area contributed by atoms with Crippen LogP contribution in [0, 0.1) is 0 Å². The number of hydrogen-bond donors (Lipinski definition) is 1. The van der Waals surface area contributed by atoms with E-state index in [0.29, 0.717) is 0 Å². The van der Waals surface area contributed by atoms with E-state index in [1.165, 1.54) is 16.8 Å². The van der Waals surface area contributed by atoms with E-state index in [1.807, 2.05) is 20.8 Å². The normalized spacial score (nSPS) is 14.7. The summed E-state index contributed by atoms with van der Waals surface area (Å²) in [6, 6.07) is 10.7. The lowest BCUT2D eigenvalue weighted by Gasteiger charge is -2.36. The van der Waals surface area contributed by atoms with Crippen molar-refractivity contribution < 1.29 is 0 Å². The van der Waals surface area contributed by atoms with Gasteiger partial charge in [0, 0.05) is 44.1 Å². The number of para-hydroxylation sites is 1. The molecule has 0 saturated carbocycles. The summed E-state index contributed by atoms with van der Waals surface area (Å²) in [5, 5.41) is 3.21. The molecule has 1 heterocycles. The third-order valence-electron chi connectivity index (χ3n) is 5.22. The number of nitrogens with one attached hydrogen (secondary N) is 1. The number of rotatable bonds is 11. The van der Waals surface area contributed by atoms with E-state index in [-0.39, 0.29) is 0 Å². The fraction of sp³-hybridized carbons (Fsp3) is 0.452. The average molecular weight is 479 g/mol. The lowest BCUT2D eigenvalue weighted by atomic mass is 10.1. The van der Waals surface area contributed by atoms with Crippen LogP contribution in [0.4, 0.5) is 5.69 Å². The number of anilines is 1. The van der Waals surface area contributed by atoms with Crippen LogP contribution >= 0.6 is 0 Å². The van der Waals surface area contributed by atoms with E-state index in [2.05, 4.69) is 109 Å². The first-order valence-corrected chi connectivity index (χ1v) is 13.1. The van der Waals surface area contributed by atoms with Crippen molar-refractivity contribution in [3.63, 3.8) is 0 Å². The largest absolute Gasteiger partial charge is 0.369 e. The minimum absolute atomic E-state index is 0.752. The summed E-state index contributed by atoms with van der Waals surface area (Å²) in [4.78, 5) is 9.45. The first-order chi connectivity index (χ1) is 17.1. The Morgan fingerprint density at radius 1 is 1.06 bits per heavy atom. The second-order valence-corrected chi connectivity index (χ2v) is 7.99. The lowest BCUT2D eigenvalue weighted by molar-refractivity contribution is 0.280. The van der Waals surface area contributed by atoms with Gasteiger partial charge in [0.25, 0.3) is 0 Å². The van der Waals surface area contributed by atoms with E-state index in [4.69, 9.17) is 0 Å². The van der Waals surface area contributed by atoms with Crippen LogP contribution in [0.25, 0.3) is 0 Å². The molecule has 0 radical (unpaired) electrons. The fourth-order valence-corrected chi connectivity index (χ4v) is 3.59. The molecule has 4 heteroatoms. The van der Waals surface area contributed by atoms with Gasteiger partial charge in [-0.15, -0.1) is 6.58 Å². The van der Waals surface area contributed by atoms with Gasteiger partial charge in [-0.25, -0.2) is 0 Å². The second-order valence-electron chi connectivity index (χ2n) is 7.99. The minimum Gasteiger partial charge on any atom is -0.369 e. The van der Waals surface area contributed by atoms with Crippen LogP contribution in [0.2, 0.25) is 0 Å². The fourth-order valence-electron chi connectivity index (χ4n) is 3.59. The summed E-state index contributed by atoms with van der Waals surface area (Å²) in [7, 11) is 0. The predicted molar refractivity (Wildman–Crippen MR) is 160 cm³/mol. The van der Waals surface area contributed by atoms with E-state index in [9.17, 15) is 0 Å². The van der Waals surface area contributed by atoms with Crippen molar-refractivity contribution in [3.05, 3.63) is 90.7 Å². The van der Waals surface area contributed by atoms with Gasteiger partial charge in [0.2, 0.25) is 0 Å². The Kier molecular flexibility index (Phi) is 19.9. The SMILES string of the molecule is C=C(/C=C(\C=C/C)CN1CCN(c2ccccc2)CC1)NC=NC/C(=C/CC)CC.C=CC.CC. The van der Waals surface area contributed by atoms with Crippen molar-refractivity contribution in [1.29, 1.82) is 0 Å². The van der Waals surface area contributed by atoms with Crippen molar-refractivity contribution >= 4 is 12.0 Å². The minimum atomic E-state index is 0.752. The highest BCUT2D eigenvalue weighted by atomic mass is 15.3. The zero-order valence-corrected chi connectivity index (χ0v) is 23.3. The van der Waals surface area contributed by atoms with E-state index >= 15 is 0 Å². The Bertz CT molecular complexity index is 795. The van der Waals surface area contributed by atoms with Gasteiger partial charge in [-0.05, 0) is 50.5 Å². The van der Waals surface area contributed by atoms with Crippen LogP contribution in [0.1, 0.15) is 54.4 Å². The highest BCUT2D eigenvalue weighted by Gasteiger charge is 2.17. The maximum Gasteiger partial charge on any atom is 0.0871 e. The molecule has 1 N–H and O–H groups in total. The topological polar surface area (TPSA) is 30.9 Å². The second kappa shape index (κ2) is 21.7. The molecule has 4 nitrogen and oxygen atoms in total. The Labute approximate surface area is 216 Å². The molecule has 0 unspecified atom stereocenters. The molecule has 1 saturated heterocycles. The Hall–Kier alpha value is -2.85. The van der Waals surface area contributed by atoms with Crippen LogP contribution in [0.3, 0.4) is 0 Å². The van der Waals surface area contributed by atoms with Crippen molar-refractivity contribution in [2.75, 3.05) is 44.2 Å². The standard InChI is InChI=1S/C26H38N4.C3H6.C2H6/c1-5-11-24(7-3)20-27-22-28-23(4)19-25(12-6-2)21-29-15-17-30(18-16-29)26-13-9-8-10-14-26;1-3-2;1-2/h6,8-14,19,22H,4-5,7,15-18,20-21H2,1-3H3,(H,27,28);3H,1H2,2H3;1-2H3/b12-6-,24-11+,25-19+;;. The zero-order chi connectivity index (χ0) is 26.3. The first kappa shape index (κ1) is 32.1. The van der Waals surface area contributed by atoms with Crippen LogP contribution in [0.15, 0.2) is 95.7 Å². The lowest BCUT2D eigenvalue weighted by Crippen LogP contribution is -2.46. The first-order valence-electron chi connectivity index (χ1n) is 13.1. The molecule has 1 aliphatic heterocycles. The van der Waals surface area contributed by atoms with Crippen LogP contribution in [0.5, 0.6) is 0 Å². The van der Waals surface area contributed by atoms with Gasteiger partial charge in [-0.3, -0.25) is 9.89 Å². The molecule has 1 fully saturated rings. The molecule has 0 atom stereocenters. The Morgan fingerprint density at radius 3 is 2.23 bits per heavy atom. The summed E-state index contributed by atoms with van der Waals surface area (Å²) >= 11 is 0. The number of nitrogens with zero attached hydrogens (tertiary/aromatic N) is 3. The summed E-state index contributed by atoms with van der Waals surface area (Å²) in [5.41, 5.74) is 4.82. The third kappa shape index (κ3) is 14.9. The van der Waals surface area contributed by atoms with Crippen LogP contribution in [-0.4, -0.2) is 50.5 Å². The van der Waals surface area contributed by atoms with E-state index in [0.717, 1.165) is 57.8 Å². The number of piperazine rings is 1. The molecule has 0 amide bonds. The van der Waals surface area contributed by atoms with Gasteiger partial charge in [-0.2, -0.15) is 0 Å². The highest BCUT2D eigenvalue weighted by molar-refractivity contribution is 5.59. The van der Waals surface area contributed by atoms with Crippen LogP contribution in [-0.2, 0) is 0 Å². The molecule has 0 spiro atoms. The van der Waals surface area contributed by atoms with Crippen molar-refractivity contribution in [3.8, 4) is 0 Å². The quantitative estimate of drug-likeness (QED) is 0.155. The molecular weight excluding hydrogens is 428 g/mol. The summed E-state index contributed by atoms with van der Waals surface area (Å²) < 4.78 is 0. The average Bonchev–Trinajstić information content (AvgIpc) is 2.88. The van der Waals surface area contributed by atoms with E-state index < -0.39 is 0 Å². The Morgan fingerprint density at radius 2 is 1.69 bits per heavy atom. The maximum atomic E-state index is 4.48. The molecule has 1 aromatic rings. The summed E-state index contributed by atoms with van der Waals surface area (Å²) in [6.07, 6.45) is 14.3. The van der Waals surface area contributed by atoms with Gasteiger partial charge in [-0.1, -0.05) is 82.4 Å².